The van der Waals surface area contributed by atoms with Gasteiger partial charge in [-0.3, -0.25) is 0 Å². The number of aromatic nitrogens is 1. The van der Waals surface area contributed by atoms with Crippen molar-refractivity contribution in [1.82, 2.24) is 4.98 Å². The van der Waals surface area contributed by atoms with Crippen molar-refractivity contribution in [3.63, 3.8) is 0 Å². The van der Waals surface area contributed by atoms with Crippen molar-refractivity contribution in [2.24, 2.45) is 0 Å². The Kier molecular flexibility index (Phi) is 16.2. The number of carboxylic acid groups (broad SMARTS) is 1. The molecule has 0 amide bonds. The van der Waals surface area contributed by atoms with Crippen molar-refractivity contribution in [2.75, 3.05) is 0 Å². The van der Waals surface area contributed by atoms with Crippen LogP contribution in [0.1, 0.15) is 107 Å². The fraction of sp³-hybridized carbons (Fsp3) is 0.459. The van der Waals surface area contributed by atoms with Crippen LogP contribution in [0.2, 0.25) is 5.02 Å². The van der Waals surface area contributed by atoms with Gasteiger partial charge in [0.25, 0.3) is 0 Å². The van der Waals surface area contributed by atoms with E-state index < -0.39 is 23.5 Å². The van der Waals surface area contributed by atoms with Gasteiger partial charge >= 0.3 is 35.7 Å². The third kappa shape index (κ3) is 11.6. The van der Waals surface area contributed by atoms with E-state index in [0.29, 0.717) is 16.7 Å². The number of pyridine rings is 1. The molecule has 0 aliphatic rings. The summed E-state index contributed by atoms with van der Waals surface area (Å²) in [6.07, 6.45) is 15.1. The first kappa shape index (κ1) is 39.5. The number of hydrogen-bond donors (Lipinski definition) is 0. The molecule has 47 heavy (non-hydrogen) atoms. The van der Waals surface area contributed by atoms with Crippen LogP contribution < -0.4 is 34.7 Å². The van der Waals surface area contributed by atoms with E-state index in [1.807, 2.05) is 19.1 Å². The summed E-state index contributed by atoms with van der Waals surface area (Å²) >= 11 is 8.27. The molecule has 0 fully saturated rings. The Balaban J connectivity index is 0.00000600. The van der Waals surface area contributed by atoms with Crippen molar-refractivity contribution in [2.45, 2.75) is 109 Å². The molecular formula is C37H41ClF4NNaO2S. The number of carbonyl (C=O) groups excluding carboxylic acids is 1. The molecule has 0 spiro atoms. The van der Waals surface area contributed by atoms with Crippen LogP contribution in [0.4, 0.5) is 17.6 Å². The summed E-state index contributed by atoms with van der Waals surface area (Å²) in [5.41, 5.74) is 1.49. The normalized spacial score (nSPS) is 12.0. The van der Waals surface area contributed by atoms with E-state index in [9.17, 15) is 27.5 Å². The number of allylic oxidation sites excluding steroid dienone is 2. The number of halogens is 5. The van der Waals surface area contributed by atoms with E-state index in [-0.39, 0.29) is 41.5 Å². The standard InChI is InChI=1S/C37H42ClF4NO2S.Na/c1-25-35(38)30(17-15-13-11-9-7-5-3-2-4-6-8-10-12-14-16-18-33(44)45)34-29-21-19-26(23-32(29)46-36(34)43-25)28-22-20-27(24-31(28)39)37(40,41)42;/h2,4,19-24H,3,5-18H2,1H3,(H,44,45);/q;+1/p-1/b4-2-;. The van der Waals surface area contributed by atoms with Crippen LogP contribution in [0.25, 0.3) is 31.4 Å². The van der Waals surface area contributed by atoms with E-state index in [1.165, 1.54) is 43.1 Å². The van der Waals surface area contributed by atoms with Crippen LogP contribution in [0.15, 0.2) is 48.6 Å². The van der Waals surface area contributed by atoms with E-state index >= 15 is 0 Å². The van der Waals surface area contributed by atoms with Gasteiger partial charge in [-0.15, -0.1) is 11.3 Å². The molecule has 0 aliphatic heterocycles. The number of alkyl halides is 3. The Hall–Kier alpha value is -1.97. The minimum atomic E-state index is -4.60. The Morgan fingerprint density at radius 3 is 2.13 bits per heavy atom. The van der Waals surface area contributed by atoms with Gasteiger partial charge in [-0.1, -0.05) is 86.9 Å². The van der Waals surface area contributed by atoms with Gasteiger partial charge < -0.3 is 9.90 Å². The van der Waals surface area contributed by atoms with Gasteiger partial charge in [0.1, 0.15) is 10.6 Å². The van der Waals surface area contributed by atoms with Crippen LogP contribution in [0.3, 0.4) is 0 Å². The summed E-state index contributed by atoms with van der Waals surface area (Å²) in [4.78, 5) is 16.0. The maximum Gasteiger partial charge on any atom is 1.00 e. The number of carboxylic acids is 1. The SMILES string of the molecule is Cc1nc2sc3cc(-c4ccc(C(F)(F)F)cc4F)ccc3c2c(CCCCCCCC/C=C\CCCCCCCC(=O)[O-])c1Cl.[Na+]. The molecule has 0 unspecified atom stereocenters. The molecule has 0 aliphatic carbocycles. The third-order valence-electron chi connectivity index (χ3n) is 8.40. The summed E-state index contributed by atoms with van der Waals surface area (Å²) < 4.78 is 54.7. The zero-order chi connectivity index (χ0) is 33.1. The van der Waals surface area contributed by atoms with Crippen LogP contribution in [0, 0.1) is 12.7 Å². The quantitative estimate of drug-likeness (QED) is 0.0453. The van der Waals surface area contributed by atoms with Crippen molar-refractivity contribution in [3.8, 4) is 11.1 Å². The van der Waals surface area contributed by atoms with Crippen LogP contribution in [0.5, 0.6) is 0 Å². The van der Waals surface area contributed by atoms with E-state index in [2.05, 4.69) is 12.2 Å². The fourth-order valence-corrected chi connectivity index (χ4v) is 7.30. The van der Waals surface area contributed by atoms with Crippen LogP contribution >= 0.6 is 22.9 Å². The monoisotopic (exact) mass is 697 g/mol. The maximum absolute atomic E-state index is 14.7. The average Bonchev–Trinajstić information content (AvgIpc) is 3.36. The van der Waals surface area contributed by atoms with Crippen LogP contribution in [-0.4, -0.2) is 11.0 Å². The largest absolute Gasteiger partial charge is 1.00 e. The number of unbranched alkanes of at least 4 members (excludes halogenated alkanes) is 11. The molecule has 4 aromatic rings. The van der Waals surface area contributed by atoms with Crippen molar-refractivity contribution >= 4 is 49.2 Å². The molecule has 248 valence electrons. The summed E-state index contributed by atoms with van der Waals surface area (Å²) in [6, 6.07) is 8.11. The molecule has 2 aromatic carbocycles. The Labute approximate surface area is 306 Å². The van der Waals surface area contributed by atoms with Crippen molar-refractivity contribution in [3.05, 3.63) is 76.2 Å². The number of carbonyl (C=O) groups is 1. The maximum atomic E-state index is 14.7. The summed E-state index contributed by atoms with van der Waals surface area (Å²) in [5, 5.41) is 13.1. The molecule has 0 radical (unpaired) electrons. The van der Waals surface area contributed by atoms with Gasteiger partial charge in [0.15, 0.2) is 0 Å². The molecule has 0 N–H and O–H groups in total. The number of nitrogens with zero attached hydrogens (tertiary/aromatic N) is 1. The summed E-state index contributed by atoms with van der Waals surface area (Å²) in [7, 11) is 0. The number of fused-ring (bicyclic) bond motifs is 3. The average molecular weight is 698 g/mol. The second-order valence-electron chi connectivity index (χ2n) is 12.0. The zero-order valence-electron chi connectivity index (χ0n) is 27.3. The first-order valence-corrected chi connectivity index (χ1v) is 17.5. The van der Waals surface area contributed by atoms with E-state index in [1.54, 1.807) is 6.07 Å². The number of aliphatic carboxylic acids is 1. The number of aryl methyl sites for hydroxylation is 2. The molecule has 3 nitrogen and oxygen atoms in total. The van der Waals surface area contributed by atoms with Crippen molar-refractivity contribution in [1.29, 1.82) is 0 Å². The molecule has 0 bridgehead atoms. The van der Waals surface area contributed by atoms with E-state index in [4.69, 9.17) is 16.6 Å². The number of thiophene rings is 1. The topological polar surface area (TPSA) is 53.0 Å². The first-order valence-electron chi connectivity index (χ1n) is 16.3. The summed E-state index contributed by atoms with van der Waals surface area (Å²) in [5.74, 6) is -1.86. The molecule has 10 heteroatoms. The summed E-state index contributed by atoms with van der Waals surface area (Å²) in [6.45, 7) is 1.90. The van der Waals surface area contributed by atoms with Crippen LogP contribution in [-0.2, 0) is 17.4 Å². The fourth-order valence-electron chi connectivity index (χ4n) is 5.88. The molecule has 0 atom stereocenters. The third-order valence-corrected chi connectivity index (χ3v) is 9.95. The molecule has 0 saturated heterocycles. The van der Waals surface area contributed by atoms with Gasteiger partial charge in [-0.2, -0.15) is 13.2 Å². The van der Waals surface area contributed by atoms with Gasteiger partial charge in [0.2, 0.25) is 0 Å². The van der Waals surface area contributed by atoms with Gasteiger partial charge in [0.05, 0.1) is 16.3 Å². The Morgan fingerprint density at radius 1 is 0.894 bits per heavy atom. The number of rotatable bonds is 18. The predicted octanol–water partition coefficient (Wildman–Crippen LogP) is 8.55. The Bertz CT molecular complexity index is 1650. The second kappa shape index (κ2) is 19.3. The first-order chi connectivity index (χ1) is 22.1. The predicted molar refractivity (Wildman–Crippen MR) is 180 cm³/mol. The zero-order valence-corrected chi connectivity index (χ0v) is 30.9. The van der Waals surface area contributed by atoms with E-state index in [0.717, 1.165) is 102 Å². The molecule has 0 saturated carbocycles. The van der Waals surface area contributed by atoms with Gasteiger partial charge in [-0.25, -0.2) is 9.37 Å². The molecule has 2 aromatic heterocycles. The number of benzene rings is 2. The Morgan fingerprint density at radius 2 is 1.51 bits per heavy atom. The van der Waals surface area contributed by atoms with Gasteiger partial charge in [-0.05, 0) is 87.6 Å². The van der Waals surface area contributed by atoms with Crippen molar-refractivity contribution < 1.29 is 57.0 Å². The molecule has 4 rings (SSSR count). The second-order valence-corrected chi connectivity index (χ2v) is 13.4. The molecular weight excluding hydrogens is 657 g/mol. The number of hydrogen-bond acceptors (Lipinski definition) is 4. The smallest absolute Gasteiger partial charge is 0.550 e. The molecule has 2 heterocycles. The minimum absolute atomic E-state index is 0. The minimum Gasteiger partial charge on any atom is -0.550 e. The van der Waals surface area contributed by atoms with Gasteiger partial charge in [0, 0.05) is 27.0 Å².